The number of rotatable bonds is 8. The number of ether oxygens (including phenoxy) is 1. The van der Waals surface area contributed by atoms with Gasteiger partial charge in [0.05, 0.1) is 17.9 Å². The molecule has 0 aliphatic rings. The molecule has 0 bridgehead atoms. The van der Waals surface area contributed by atoms with Gasteiger partial charge in [-0.1, -0.05) is 41.5 Å². The van der Waals surface area contributed by atoms with Gasteiger partial charge < -0.3 is 9.84 Å². The van der Waals surface area contributed by atoms with Crippen LogP contribution in [0, 0.1) is 23.2 Å². The van der Waals surface area contributed by atoms with E-state index >= 15 is 0 Å². The first kappa shape index (κ1) is 23.2. The molecule has 0 aliphatic carbocycles. The molecule has 132 valence electrons. The van der Waals surface area contributed by atoms with Crippen LogP contribution in [0.15, 0.2) is 0 Å². The third-order valence-corrected chi connectivity index (χ3v) is 3.34. The molecule has 22 heavy (non-hydrogen) atoms. The Labute approximate surface area is 136 Å². The zero-order chi connectivity index (χ0) is 17.9. The lowest BCUT2D eigenvalue weighted by molar-refractivity contribution is -0.148. The van der Waals surface area contributed by atoms with E-state index in [9.17, 15) is 9.59 Å². The van der Waals surface area contributed by atoms with Crippen LogP contribution < -0.4 is 0 Å². The van der Waals surface area contributed by atoms with Crippen molar-refractivity contribution in [3.8, 4) is 0 Å². The molecule has 1 N–H and O–H groups in total. The molecular formula is C18H36O4. The average Bonchev–Trinajstić information content (AvgIpc) is 2.36. The Kier molecular flexibility index (Phi) is 12.1. The maximum atomic E-state index is 10.9. The minimum atomic E-state index is -0.696. The summed E-state index contributed by atoms with van der Waals surface area (Å²) in [5, 5.41) is 8.75. The Morgan fingerprint density at radius 2 is 1.41 bits per heavy atom. The highest BCUT2D eigenvalue weighted by Gasteiger charge is 2.26. The van der Waals surface area contributed by atoms with Crippen molar-refractivity contribution in [3.63, 3.8) is 0 Å². The minimum Gasteiger partial charge on any atom is -0.481 e. The molecule has 0 aromatic heterocycles. The molecule has 0 unspecified atom stereocenters. The van der Waals surface area contributed by atoms with Gasteiger partial charge in [0, 0.05) is 0 Å². The molecule has 0 radical (unpaired) electrons. The number of carbonyl (C=O) groups excluding carboxylic acids is 1. The Bertz CT molecular complexity index is 315. The summed E-state index contributed by atoms with van der Waals surface area (Å²) in [6.07, 6.45) is 2.71. The third kappa shape index (κ3) is 13.9. The molecule has 0 fully saturated rings. The summed E-state index contributed by atoms with van der Waals surface area (Å²) in [5.41, 5.74) is -0.551. The number of carboxylic acid groups (broad SMARTS) is 1. The van der Waals surface area contributed by atoms with Gasteiger partial charge in [0.2, 0.25) is 0 Å². The summed E-state index contributed by atoms with van der Waals surface area (Å²) < 4.78 is 4.98. The Morgan fingerprint density at radius 3 is 1.73 bits per heavy atom. The van der Waals surface area contributed by atoms with E-state index in [1.807, 2.05) is 13.8 Å². The number of aliphatic carboxylic acids is 1. The predicted molar refractivity (Wildman–Crippen MR) is 90.7 cm³/mol. The highest BCUT2D eigenvalue weighted by atomic mass is 16.5. The largest absolute Gasteiger partial charge is 0.481 e. The number of esters is 1. The van der Waals surface area contributed by atoms with Crippen LogP contribution in [0.4, 0.5) is 0 Å². The topological polar surface area (TPSA) is 63.6 Å². The first-order chi connectivity index (χ1) is 9.90. The van der Waals surface area contributed by atoms with Gasteiger partial charge in [-0.15, -0.1) is 0 Å². The highest BCUT2D eigenvalue weighted by molar-refractivity contribution is 5.73. The van der Waals surface area contributed by atoms with E-state index in [1.54, 1.807) is 13.8 Å². The van der Waals surface area contributed by atoms with Crippen LogP contribution in [0.25, 0.3) is 0 Å². The second-order valence-electron chi connectivity index (χ2n) is 7.63. The van der Waals surface area contributed by atoms with Crippen LogP contribution in [0.1, 0.15) is 74.7 Å². The van der Waals surface area contributed by atoms with Gasteiger partial charge in [-0.25, -0.2) is 0 Å². The molecule has 0 aromatic carbocycles. The number of hydrogen-bond donors (Lipinski definition) is 1. The van der Waals surface area contributed by atoms with Crippen molar-refractivity contribution in [2.45, 2.75) is 74.7 Å². The number of carbonyl (C=O) groups is 2. The van der Waals surface area contributed by atoms with Gasteiger partial charge in [0.1, 0.15) is 0 Å². The second kappa shape index (κ2) is 11.5. The van der Waals surface area contributed by atoms with Gasteiger partial charge in [0.15, 0.2) is 0 Å². The van der Waals surface area contributed by atoms with Crippen LogP contribution in [0.2, 0.25) is 0 Å². The molecule has 0 saturated carbocycles. The van der Waals surface area contributed by atoms with Crippen LogP contribution in [0.5, 0.6) is 0 Å². The van der Waals surface area contributed by atoms with Gasteiger partial charge >= 0.3 is 11.9 Å². The quantitative estimate of drug-likeness (QED) is 0.655. The van der Waals surface area contributed by atoms with Crippen molar-refractivity contribution in [2.75, 3.05) is 6.61 Å². The predicted octanol–water partition coefficient (Wildman–Crippen LogP) is 4.77. The molecule has 4 nitrogen and oxygen atoms in total. The van der Waals surface area contributed by atoms with Crippen molar-refractivity contribution >= 4 is 11.9 Å². The Balaban J connectivity index is 0. The second-order valence-corrected chi connectivity index (χ2v) is 7.63. The van der Waals surface area contributed by atoms with E-state index in [4.69, 9.17) is 9.84 Å². The highest BCUT2D eigenvalue weighted by Crippen LogP contribution is 2.24. The van der Waals surface area contributed by atoms with E-state index in [1.165, 1.54) is 0 Å². The maximum Gasteiger partial charge on any atom is 0.309 e. The van der Waals surface area contributed by atoms with E-state index < -0.39 is 11.4 Å². The molecule has 0 heterocycles. The normalized spacial score (nSPS) is 11.4. The summed E-state index contributed by atoms with van der Waals surface area (Å²) >= 11 is 0. The van der Waals surface area contributed by atoms with E-state index in [0.29, 0.717) is 18.4 Å². The monoisotopic (exact) mass is 316 g/mol. The molecule has 0 spiro atoms. The minimum absolute atomic E-state index is 0.00200. The fourth-order valence-corrected chi connectivity index (χ4v) is 1.32. The molecule has 0 aromatic rings. The summed E-state index contributed by atoms with van der Waals surface area (Å²) in [5.74, 6) is 0.412. The van der Waals surface area contributed by atoms with Gasteiger partial charge in [-0.2, -0.15) is 0 Å². The molecular weight excluding hydrogens is 280 g/mol. The summed E-state index contributed by atoms with van der Waals surface area (Å²) in [6, 6.07) is 0. The van der Waals surface area contributed by atoms with Crippen LogP contribution >= 0.6 is 0 Å². The van der Waals surface area contributed by atoms with E-state index in [2.05, 4.69) is 27.7 Å². The number of hydrogen-bond acceptors (Lipinski definition) is 3. The standard InChI is InChI=1S/2C9H18O2/c1-7(2)5-6-9(3,4)8(10)11;1-7(2)5-6-11-9(10)8(3)4/h7H,5-6H2,1-4H3,(H,10,11);7-8H,5-6H2,1-4H3. The molecule has 4 heteroatoms. The van der Waals surface area contributed by atoms with Crippen molar-refractivity contribution in [3.05, 3.63) is 0 Å². The molecule has 0 rings (SSSR count). The van der Waals surface area contributed by atoms with Crippen molar-refractivity contribution in [2.24, 2.45) is 23.2 Å². The van der Waals surface area contributed by atoms with E-state index in [-0.39, 0.29) is 11.9 Å². The van der Waals surface area contributed by atoms with Gasteiger partial charge in [0.25, 0.3) is 0 Å². The fourth-order valence-electron chi connectivity index (χ4n) is 1.32. The summed E-state index contributed by atoms with van der Waals surface area (Å²) in [4.78, 5) is 21.5. The number of carboxylic acids is 1. The van der Waals surface area contributed by atoms with E-state index in [0.717, 1.165) is 19.3 Å². The summed E-state index contributed by atoms with van der Waals surface area (Å²) in [7, 11) is 0. The summed E-state index contributed by atoms with van der Waals surface area (Å²) in [6.45, 7) is 16.3. The smallest absolute Gasteiger partial charge is 0.309 e. The lowest BCUT2D eigenvalue weighted by atomic mass is 9.86. The van der Waals surface area contributed by atoms with Gasteiger partial charge in [-0.3, -0.25) is 9.59 Å². The average molecular weight is 316 g/mol. The maximum absolute atomic E-state index is 10.9. The van der Waals surface area contributed by atoms with Crippen molar-refractivity contribution in [1.82, 2.24) is 0 Å². The zero-order valence-electron chi connectivity index (χ0n) is 15.7. The molecule has 0 saturated heterocycles. The molecule has 0 atom stereocenters. The van der Waals surface area contributed by atoms with Gasteiger partial charge in [-0.05, 0) is 44.9 Å². The fraction of sp³-hybridized carbons (Fsp3) is 0.889. The lowest BCUT2D eigenvalue weighted by Gasteiger charge is -2.19. The first-order valence-electron chi connectivity index (χ1n) is 8.30. The third-order valence-electron chi connectivity index (χ3n) is 3.34. The molecule has 0 amide bonds. The van der Waals surface area contributed by atoms with Crippen molar-refractivity contribution < 1.29 is 19.4 Å². The zero-order valence-corrected chi connectivity index (χ0v) is 15.7. The Hall–Kier alpha value is -1.06. The Morgan fingerprint density at radius 1 is 0.955 bits per heavy atom. The van der Waals surface area contributed by atoms with Crippen LogP contribution in [0.3, 0.4) is 0 Å². The molecule has 0 aliphatic heterocycles. The SMILES string of the molecule is CC(C)CCC(C)(C)C(=O)O.CC(C)CCOC(=O)C(C)C. The first-order valence-corrected chi connectivity index (χ1v) is 8.30. The van der Waals surface area contributed by atoms with Crippen molar-refractivity contribution in [1.29, 1.82) is 0 Å². The van der Waals surface area contributed by atoms with Crippen LogP contribution in [-0.2, 0) is 14.3 Å². The lowest BCUT2D eigenvalue weighted by Crippen LogP contribution is -2.23. The van der Waals surface area contributed by atoms with Crippen LogP contribution in [-0.4, -0.2) is 23.7 Å².